The minimum absolute atomic E-state index is 0.0774. The predicted octanol–water partition coefficient (Wildman–Crippen LogP) is 5.21. The van der Waals surface area contributed by atoms with Crippen LogP contribution in [-0.4, -0.2) is 65.6 Å². The molecule has 1 saturated carbocycles. The normalized spacial score (nSPS) is 24.2. The lowest BCUT2D eigenvalue weighted by atomic mass is 9.92. The van der Waals surface area contributed by atoms with Crippen molar-refractivity contribution in [2.75, 3.05) is 38.1 Å². The van der Waals surface area contributed by atoms with Crippen LogP contribution in [0.2, 0.25) is 0 Å². The molecule has 0 aromatic heterocycles. The molecule has 2 aliphatic carbocycles. The van der Waals surface area contributed by atoms with E-state index in [2.05, 4.69) is 48.4 Å². The molecule has 8 heteroatoms. The summed E-state index contributed by atoms with van der Waals surface area (Å²) >= 11 is 0. The molecule has 1 heterocycles. The van der Waals surface area contributed by atoms with Gasteiger partial charge in [0.1, 0.15) is 6.61 Å². The number of piperazine rings is 1. The van der Waals surface area contributed by atoms with E-state index in [0.717, 1.165) is 69.5 Å². The fraction of sp³-hybridized carbons (Fsp3) is 0.552. The molecule has 0 spiro atoms. The summed E-state index contributed by atoms with van der Waals surface area (Å²) in [6.45, 7) is 9.56. The molecule has 8 nitrogen and oxygen atoms in total. The van der Waals surface area contributed by atoms with E-state index in [4.69, 9.17) is 4.74 Å². The molecule has 1 N–H and O–H groups in total. The van der Waals surface area contributed by atoms with E-state index in [9.17, 15) is 14.9 Å². The van der Waals surface area contributed by atoms with Gasteiger partial charge in [0.05, 0.1) is 11.0 Å². The first-order valence-electron chi connectivity index (χ1n) is 13.6. The fourth-order valence-electron chi connectivity index (χ4n) is 5.44. The van der Waals surface area contributed by atoms with E-state index in [1.165, 1.54) is 11.3 Å². The van der Waals surface area contributed by atoms with Gasteiger partial charge in [-0.3, -0.25) is 14.9 Å². The largest absolute Gasteiger partial charge is 0.382 e. The van der Waals surface area contributed by atoms with Gasteiger partial charge < -0.3 is 19.9 Å². The number of hydrogen-bond acceptors (Lipinski definition) is 6. The third-order valence-corrected chi connectivity index (χ3v) is 7.94. The maximum Gasteiger partial charge on any atom is 0.269 e. The van der Waals surface area contributed by atoms with Crippen molar-refractivity contribution < 1.29 is 14.5 Å². The van der Waals surface area contributed by atoms with Crippen LogP contribution in [0.1, 0.15) is 51.5 Å². The van der Waals surface area contributed by atoms with Gasteiger partial charge in [0.15, 0.2) is 0 Å². The molecule has 3 aliphatic rings. The van der Waals surface area contributed by atoms with E-state index in [1.54, 1.807) is 18.2 Å². The summed E-state index contributed by atoms with van der Waals surface area (Å²) in [5.74, 6) is 0.583. The van der Waals surface area contributed by atoms with Crippen molar-refractivity contribution in [3.63, 3.8) is 0 Å². The number of nitro benzene ring substituents is 1. The number of aryl methyl sites for hydroxylation is 1. The molecule has 1 aliphatic heterocycles. The minimum atomic E-state index is -0.368. The summed E-state index contributed by atoms with van der Waals surface area (Å²) in [4.78, 5) is 27.7. The molecule has 1 unspecified atom stereocenters. The molecule has 0 bridgehead atoms. The molecule has 1 amide bonds. The van der Waals surface area contributed by atoms with Crippen LogP contribution in [0.4, 0.5) is 11.4 Å². The number of amides is 1. The van der Waals surface area contributed by atoms with Gasteiger partial charge in [-0.25, -0.2) is 0 Å². The van der Waals surface area contributed by atoms with Crippen molar-refractivity contribution in [3.8, 4) is 0 Å². The highest BCUT2D eigenvalue weighted by Gasteiger charge is 2.26. The van der Waals surface area contributed by atoms with Crippen LogP contribution in [0, 0.1) is 23.0 Å². The number of hydrogen-bond donors (Lipinski definition) is 1. The van der Waals surface area contributed by atoms with Crippen molar-refractivity contribution >= 4 is 17.3 Å². The van der Waals surface area contributed by atoms with Crippen LogP contribution >= 0.6 is 0 Å². The summed E-state index contributed by atoms with van der Waals surface area (Å²) in [5, 5.41) is 14.5. The van der Waals surface area contributed by atoms with Crippen LogP contribution < -0.4 is 5.32 Å². The summed E-state index contributed by atoms with van der Waals surface area (Å²) in [7, 11) is 0. The Kier molecular flexibility index (Phi) is 9.03. The number of carbonyl (C=O) groups is 1. The zero-order valence-corrected chi connectivity index (χ0v) is 22.3. The summed E-state index contributed by atoms with van der Waals surface area (Å²) in [6, 6.07) is 5.24. The van der Waals surface area contributed by atoms with Crippen LogP contribution in [0.15, 0.2) is 53.8 Å². The van der Waals surface area contributed by atoms with Gasteiger partial charge in [-0.05, 0) is 75.7 Å². The number of nitro groups is 1. The van der Waals surface area contributed by atoms with Gasteiger partial charge in [0.2, 0.25) is 5.91 Å². The van der Waals surface area contributed by atoms with E-state index in [-0.39, 0.29) is 29.2 Å². The monoisotopic (exact) mass is 508 g/mol. The van der Waals surface area contributed by atoms with Gasteiger partial charge in [0.25, 0.3) is 5.69 Å². The lowest BCUT2D eigenvalue weighted by Gasteiger charge is -2.37. The highest BCUT2D eigenvalue weighted by Crippen LogP contribution is 2.28. The molecule has 2 fully saturated rings. The summed E-state index contributed by atoms with van der Waals surface area (Å²) < 4.78 is 6.02. The molecule has 4 rings (SSSR count). The number of benzene rings is 1. The average molecular weight is 509 g/mol. The number of nitrogens with zero attached hydrogens (tertiary/aromatic N) is 3. The Morgan fingerprint density at radius 2 is 1.84 bits per heavy atom. The second-order valence-corrected chi connectivity index (χ2v) is 10.4. The number of anilines is 1. The zero-order valence-electron chi connectivity index (χ0n) is 22.3. The lowest BCUT2D eigenvalue weighted by Crippen LogP contribution is -2.49. The number of carbonyl (C=O) groups excluding carboxylic acids is 1. The van der Waals surface area contributed by atoms with Gasteiger partial charge in [-0.15, -0.1) is 0 Å². The Hall–Kier alpha value is -3.13. The molecule has 0 radical (unpaired) electrons. The molecule has 1 saturated heterocycles. The van der Waals surface area contributed by atoms with Crippen LogP contribution in [0.3, 0.4) is 0 Å². The molecule has 200 valence electrons. The average Bonchev–Trinajstić information content (AvgIpc) is 3.10. The van der Waals surface area contributed by atoms with Crippen molar-refractivity contribution in [2.24, 2.45) is 5.92 Å². The second-order valence-electron chi connectivity index (χ2n) is 10.4. The van der Waals surface area contributed by atoms with Crippen molar-refractivity contribution in [1.29, 1.82) is 0 Å². The Labute approximate surface area is 220 Å². The lowest BCUT2D eigenvalue weighted by molar-refractivity contribution is -0.384. The maximum absolute atomic E-state index is 12.8. The third-order valence-electron chi connectivity index (χ3n) is 7.94. The van der Waals surface area contributed by atoms with Crippen LogP contribution in [-0.2, 0) is 9.53 Å². The van der Waals surface area contributed by atoms with E-state index >= 15 is 0 Å². The summed E-state index contributed by atoms with van der Waals surface area (Å²) in [5.41, 5.74) is 4.55. The molecule has 1 aromatic carbocycles. The van der Waals surface area contributed by atoms with Gasteiger partial charge in [-0.2, -0.15) is 0 Å². The highest BCUT2D eigenvalue weighted by atomic mass is 16.6. The van der Waals surface area contributed by atoms with E-state index < -0.39 is 0 Å². The topological polar surface area (TPSA) is 88.0 Å². The number of rotatable bonds is 8. The molecular formula is C29H40N4O4. The quantitative estimate of drug-likeness (QED) is 0.383. The first-order chi connectivity index (χ1) is 17.8. The van der Waals surface area contributed by atoms with Crippen LogP contribution in [0.5, 0.6) is 0 Å². The van der Waals surface area contributed by atoms with Gasteiger partial charge in [-0.1, -0.05) is 24.6 Å². The first kappa shape index (κ1) is 26.9. The summed E-state index contributed by atoms with van der Waals surface area (Å²) in [6.07, 6.45) is 13.9. The number of allylic oxidation sites excluding steroid dienone is 5. The fourth-order valence-corrected chi connectivity index (χ4v) is 5.44. The van der Waals surface area contributed by atoms with Crippen molar-refractivity contribution in [2.45, 2.75) is 65.0 Å². The SMILES string of the molecule is CCC1C=CC(N2CCN(C(=O)CO[C@H]3CC[C@H](Nc4ccc([N+](=O)[O-])cc4C)CC3)CC2)=CC=C1C. The van der Waals surface area contributed by atoms with Crippen molar-refractivity contribution in [3.05, 3.63) is 69.5 Å². The minimum Gasteiger partial charge on any atom is -0.382 e. The number of non-ortho nitro benzene ring substituents is 1. The number of ether oxygens (including phenoxy) is 1. The molecule has 37 heavy (non-hydrogen) atoms. The maximum atomic E-state index is 12.8. The highest BCUT2D eigenvalue weighted by molar-refractivity contribution is 5.77. The predicted molar refractivity (Wildman–Crippen MR) is 146 cm³/mol. The standard InChI is InChI=1S/C29H40N4O4/c1-4-23-6-10-25(9-5-21(23)2)31-15-17-32(18-16-31)29(34)20-37-27-12-7-24(8-13-27)30-28-14-11-26(33(35)36)19-22(28)3/h5-6,9-11,14,19,23-24,27,30H,4,7-8,12-13,15-18,20H2,1-3H3/t23?,24-,27-. The van der Waals surface area contributed by atoms with E-state index in [1.807, 2.05) is 11.8 Å². The second kappa shape index (κ2) is 12.4. The van der Waals surface area contributed by atoms with Gasteiger partial charge in [0, 0.05) is 55.7 Å². The Bertz CT molecular complexity index is 1060. The Balaban J connectivity index is 1.17. The third kappa shape index (κ3) is 7.01. The number of nitrogens with one attached hydrogen (secondary N) is 1. The Morgan fingerprint density at radius 1 is 1.11 bits per heavy atom. The van der Waals surface area contributed by atoms with E-state index in [0.29, 0.717) is 12.0 Å². The van der Waals surface area contributed by atoms with Crippen LogP contribution in [0.25, 0.3) is 0 Å². The first-order valence-corrected chi connectivity index (χ1v) is 13.6. The molecular weight excluding hydrogens is 468 g/mol. The van der Waals surface area contributed by atoms with Crippen molar-refractivity contribution in [1.82, 2.24) is 9.80 Å². The molecule has 1 atom stereocenters. The smallest absolute Gasteiger partial charge is 0.269 e. The zero-order chi connectivity index (χ0) is 26.4. The molecule has 1 aromatic rings. The van der Waals surface area contributed by atoms with Gasteiger partial charge >= 0.3 is 0 Å². The Morgan fingerprint density at radius 3 is 2.49 bits per heavy atom.